The summed E-state index contributed by atoms with van der Waals surface area (Å²) in [7, 11) is -9.68. The molecule has 2 aromatic carbocycles. The fraction of sp³-hybridized carbons (Fsp3) is 0.208. The highest BCUT2D eigenvalue weighted by atomic mass is 32.5. The maximum Gasteiger partial charge on any atom is 0.310 e. The second kappa shape index (κ2) is 9.41. The van der Waals surface area contributed by atoms with Crippen molar-refractivity contribution in [2.45, 2.75) is 37.3 Å². The largest absolute Gasteiger partial charge is 0.487 e. The molecule has 0 saturated carbocycles. The molecule has 0 atom stereocenters. The first-order valence-electron chi connectivity index (χ1n) is 11.0. The maximum absolute atomic E-state index is 12.8. The molecule has 6 nitrogen and oxygen atoms in total. The Morgan fingerprint density at radius 3 is 2.33 bits per heavy atom. The van der Waals surface area contributed by atoms with Gasteiger partial charge in [-0.1, -0.05) is 48.9 Å². The van der Waals surface area contributed by atoms with E-state index >= 15 is 0 Å². The lowest BCUT2D eigenvalue weighted by atomic mass is 10.1. The smallest absolute Gasteiger partial charge is 0.310 e. The number of ether oxygens (including phenoxy) is 1. The molecule has 0 amide bonds. The van der Waals surface area contributed by atoms with Crippen molar-refractivity contribution in [1.29, 1.82) is 0 Å². The minimum atomic E-state index is -9.68. The summed E-state index contributed by atoms with van der Waals surface area (Å²) in [6, 6.07) is 10.4. The van der Waals surface area contributed by atoms with Crippen molar-refractivity contribution < 1.29 is 28.6 Å². The van der Waals surface area contributed by atoms with Gasteiger partial charge in [0.25, 0.3) is 0 Å². The van der Waals surface area contributed by atoms with Crippen LogP contribution in [0.3, 0.4) is 0 Å². The first kappa shape index (κ1) is 25.4. The van der Waals surface area contributed by atoms with Crippen molar-refractivity contribution in [1.82, 2.24) is 20.0 Å². The van der Waals surface area contributed by atoms with Crippen LogP contribution in [0.1, 0.15) is 35.6 Å². The van der Waals surface area contributed by atoms with Crippen LogP contribution in [0.2, 0.25) is 0 Å². The molecule has 2 heterocycles. The van der Waals surface area contributed by atoms with Crippen LogP contribution in [0.15, 0.2) is 76.5 Å². The topological polar surface area (TPSA) is 66.0 Å². The van der Waals surface area contributed by atoms with Crippen molar-refractivity contribution in [2.24, 2.45) is 0 Å². The quantitative estimate of drug-likeness (QED) is 0.148. The van der Waals surface area contributed by atoms with Crippen molar-refractivity contribution >= 4 is 22.4 Å². The van der Waals surface area contributed by atoms with Crippen LogP contribution in [0, 0.1) is 0 Å². The van der Waals surface area contributed by atoms with Crippen LogP contribution < -0.4 is 4.74 Å². The highest BCUT2D eigenvalue weighted by Gasteiger charge is 2.65. The van der Waals surface area contributed by atoms with Crippen molar-refractivity contribution in [2.75, 3.05) is 0 Å². The number of oxazole rings is 1. The van der Waals surface area contributed by atoms with E-state index in [1.165, 1.54) is 24.0 Å². The average molecular weight is 527 g/mol. The molecule has 0 radical (unpaired) electrons. The van der Waals surface area contributed by atoms with E-state index in [-0.39, 0.29) is 18.1 Å². The van der Waals surface area contributed by atoms with E-state index in [0.29, 0.717) is 23.6 Å². The minimum absolute atomic E-state index is 0.160. The number of aromatic nitrogens is 4. The third-order valence-corrected chi connectivity index (χ3v) is 6.36. The third-order valence-electron chi connectivity index (χ3n) is 5.20. The summed E-state index contributed by atoms with van der Waals surface area (Å²) in [5.41, 5.74) is 2.00. The van der Waals surface area contributed by atoms with Gasteiger partial charge < -0.3 is 9.15 Å². The summed E-state index contributed by atoms with van der Waals surface area (Å²) in [5.74, 6) is 0.872. The van der Waals surface area contributed by atoms with Gasteiger partial charge in [0.15, 0.2) is 0 Å². The van der Waals surface area contributed by atoms with Gasteiger partial charge in [-0.05, 0) is 60.7 Å². The lowest BCUT2D eigenvalue weighted by molar-refractivity contribution is 0.301. The van der Waals surface area contributed by atoms with Crippen LogP contribution in [-0.2, 0) is 19.6 Å². The highest BCUT2D eigenvalue weighted by Crippen LogP contribution is 3.02. The van der Waals surface area contributed by atoms with Crippen molar-refractivity contribution in [3.63, 3.8) is 0 Å². The normalized spacial score (nSPS) is 14.0. The summed E-state index contributed by atoms with van der Waals surface area (Å²) >= 11 is 0. The highest BCUT2D eigenvalue weighted by molar-refractivity contribution is 8.45. The zero-order valence-corrected chi connectivity index (χ0v) is 19.8. The van der Waals surface area contributed by atoms with E-state index in [0.717, 1.165) is 37.9 Å². The molecule has 2 aromatic heterocycles. The molecule has 4 aromatic rings. The molecular formula is C24H23F5N4O2S. The van der Waals surface area contributed by atoms with Gasteiger partial charge in [-0.2, -0.15) is 0 Å². The number of hydrogen-bond acceptors (Lipinski definition) is 5. The number of nitrogens with zero attached hydrogens (tertiary/aromatic N) is 4. The zero-order valence-electron chi connectivity index (χ0n) is 18.9. The van der Waals surface area contributed by atoms with Gasteiger partial charge in [0.05, 0.1) is 6.20 Å². The molecule has 0 aliphatic heterocycles. The molecular weight excluding hydrogens is 503 g/mol. The molecule has 36 heavy (non-hydrogen) atoms. The monoisotopic (exact) mass is 526 g/mol. The van der Waals surface area contributed by atoms with Crippen LogP contribution in [0.25, 0.3) is 12.2 Å². The van der Waals surface area contributed by atoms with Crippen molar-refractivity contribution in [3.05, 3.63) is 89.9 Å². The lowest BCUT2D eigenvalue weighted by Gasteiger charge is -2.40. The second-order valence-electron chi connectivity index (χ2n) is 8.10. The summed E-state index contributed by atoms with van der Waals surface area (Å²) < 4.78 is 76.8. The number of halogens is 5. The van der Waals surface area contributed by atoms with Gasteiger partial charge in [0.2, 0.25) is 5.89 Å². The lowest BCUT2D eigenvalue weighted by Crippen LogP contribution is -2.05. The van der Waals surface area contributed by atoms with E-state index in [9.17, 15) is 19.4 Å². The zero-order chi connectivity index (χ0) is 25.7. The van der Waals surface area contributed by atoms with Gasteiger partial charge in [-0.15, -0.1) is 5.10 Å². The third kappa shape index (κ3) is 7.41. The number of rotatable bonds is 11. The number of benzene rings is 2. The Hall–Kier alpha value is -3.67. The second-order valence-corrected chi connectivity index (χ2v) is 10.5. The Kier molecular flexibility index (Phi) is 6.65. The SMILES string of the molecule is FS(F)(F)(F)(F)c1ccc(/C=C/c2nc(COc3ccc(CCCCn4ccnn4)cc3)co2)cc1. The molecule has 0 aliphatic carbocycles. The molecule has 12 heteroatoms. The molecule has 192 valence electrons. The van der Waals surface area contributed by atoms with Gasteiger partial charge in [0, 0.05) is 18.8 Å². The van der Waals surface area contributed by atoms with Crippen molar-refractivity contribution in [3.8, 4) is 5.75 Å². The average Bonchev–Trinajstić information content (AvgIpc) is 3.51. The van der Waals surface area contributed by atoms with Gasteiger partial charge >= 0.3 is 10.2 Å². The molecule has 0 N–H and O–H groups in total. The molecule has 0 aliphatic rings. The van der Waals surface area contributed by atoms with Crippen LogP contribution in [0.5, 0.6) is 5.75 Å². The maximum atomic E-state index is 12.8. The summed E-state index contributed by atoms with van der Waals surface area (Å²) in [6.07, 6.45) is 10.7. The fourth-order valence-electron chi connectivity index (χ4n) is 3.33. The van der Waals surface area contributed by atoms with E-state index < -0.39 is 15.1 Å². The Morgan fingerprint density at radius 2 is 1.67 bits per heavy atom. The van der Waals surface area contributed by atoms with Gasteiger partial charge in [-0.3, -0.25) is 4.68 Å². The molecule has 0 fully saturated rings. The summed E-state index contributed by atoms with van der Waals surface area (Å²) in [4.78, 5) is 2.29. The molecule has 0 bridgehead atoms. The molecule has 0 spiro atoms. The van der Waals surface area contributed by atoms with Crippen LogP contribution in [-0.4, -0.2) is 20.0 Å². The Balaban J connectivity index is 1.23. The molecule has 4 rings (SSSR count). The first-order valence-corrected chi connectivity index (χ1v) is 12.9. The Bertz CT molecular complexity index is 1310. The van der Waals surface area contributed by atoms with Crippen LogP contribution in [0.4, 0.5) is 19.4 Å². The summed E-state index contributed by atoms with van der Waals surface area (Å²) in [5, 5.41) is 7.71. The Morgan fingerprint density at radius 1 is 0.917 bits per heavy atom. The number of unbranched alkanes of at least 4 members (excludes halogenated alkanes) is 1. The van der Waals surface area contributed by atoms with Gasteiger partial charge in [-0.25, -0.2) is 4.98 Å². The summed E-state index contributed by atoms with van der Waals surface area (Å²) in [6.45, 7) is 0.994. The van der Waals surface area contributed by atoms with E-state index in [2.05, 4.69) is 15.3 Å². The standard InChI is InChI=1S/C24H23F5N4O2S/c25-36(26,27,28,29)23-11-6-20(7-12-23)8-13-24-31-21(18-35-24)17-34-22-9-4-19(5-10-22)3-1-2-15-33-16-14-30-32-33/h4-14,16,18H,1-3,15,17H2/b13-8+. The minimum Gasteiger partial charge on any atom is -0.487 e. The van der Waals surface area contributed by atoms with Crippen LogP contribution >= 0.6 is 10.2 Å². The van der Waals surface area contributed by atoms with E-state index in [1.54, 1.807) is 10.9 Å². The first-order chi connectivity index (χ1) is 16.9. The molecule has 0 unspecified atom stereocenters. The predicted molar refractivity (Wildman–Crippen MR) is 127 cm³/mol. The predicted octanol–water partition coefficient (Wildman–Crippen LogP) is 7.70. The van der Waals surface area contributed by atoms with E-state index in [4.69, 9.17) is 9.15 Å². The number of aryl methyl sites for hydroxylation is 2. The number of hydrogen-bond donors (Lipinski definition) is 0. The Labute approximate surface area is 204 Å². The van der Waals surface area contributed by atoms with Gasteiger partial charge in [0.1, 0.15) is 29.2 Å². The fourth-order valence-corrected chi connectivity index (χ4v) is 3.98. The molecule has 0 saturated heterocycles. The van der Waals surface area contributed by atoms with E-state index in [1.807, 2.05) is 30.5 Å².